The summed E-state index contributed by atoms with van der Waals surface area (Å²) < 4.78 is 0. The molecule has 0 radical (unpaired) electrons. The number of aromatic amines is 1. The highest BCUT2D eigenvalue weighted by atomic mass is 16.3. The molecule has 2 N–H and O–H groups in total. The predicted octanol–water partition coefficient (Wildman–Crippen LogP) is 2.33. The van der Waals surface area contributed by atoms with Crippen molar-refractivity contribution in [2.75, 3.05) is 0 Å². The van der Waals surface area contributed by atoms with Crippen molar-refractivity contribution in [2.24, 2.45) is 0 Å². The number of rotatable bonds is 1. The first-order valence-electron chi connectivity index (χ1n) is 4.92. The number of hydrogen-bond donors (Lipinski definition) is 2. The highest BCUT2D eigenvalue weighted by molar-refractivity contribution is 5.90. The van der Waals surface area contributed by atoms with Crippen molar-refractivity contribution in [1.29, 1.82) is 0 Å². The van der Waals surface area contributed by atoms with E-state index in [1.807, 2.05) is 24.4 Å². The van der Waals surface area contributed by atoms with Gasteiger partial charge in [0.25, 0.3) is 0 Å². The lowest BCUT2D eigenvalue weighted by Crippen LogP contribution is -1.86. The van der Waals surface area contributed by atoms with E-state index in [0.717, 1.165) is 22.3 Å². The summed E-state index contributed by atoms with van der Waals surface area (Å²) in [7, 11) is 0. The highest BCUT2D eigenvalue weighted by Crippen LogP contribution is 2.25. The monoisotopic (exact) mass is 211 g/mol. The smallest absolute Gasteiger partial charge is 0.141 e. The zero-order chi connectivity index (χ0) is 11.0. The predicted molar refractivity (Wildman–Crippen MR) is 61.0 cm³/mol. The quantitative estimate of drug-likeness (QED) is 0.649. The van der Waals surface area contributed by atoms with Crippen molar-refractivity contribution in [3.63, 3.8) is 0 Å². The molecule has 2 aromatic heterocycles. The number of H-pyrrole nitrogens is 1. The van der Waals surface area contributed by atoms with E-state index >= 15 is 0 Å². The van der Waals surface area contributed by atoms with Gasteiger partial charge in [0.1, 0.15) is 17.7 Å². The van der Waals surface area contributed by atoms with Gasteiger partial charge in [-0.3, -0.25) is 0 Å². The molecular weight excluding hydrogens is 202 g/mol. The Morgan fingerprint density at radius 3 is 2.62 bits per heavy atom. The largest absolute Gasteiger partial charge is 0.508 e. The van der Waals surface area contributed by atoms with E-state index in [4.69, 9.17) is 0 Å². The van der Waals surface area contributed by atoms with Gasteiger partial charge in [-0.25, -0.2) is 9.97 Å². The Morgan fingerprint density at radius 2 is 1.81 bits per heavy atom. The van der Waals surface area contributed by atoms with E-state index in [-0.39, 0.29) is 5.75 Å². The lowest BCUT2D eigenvalue weighted by molar-refractivity contribution is 0.475. The number of nitrogens with one attached hydrogen (secondary N) is 1. The molecule has 0 bridgehead atoms. The molecular formula is C12H9N3O. The van der Waals surface area contributed by atoms with Crippen LogP contribution in [0.4, 0.5) is 0 Å². The Kier molecular flexibility index (Phi) is 1.86. The van der Waals surface area contributed by atoms with Crippen LogP contribution < -0.4 is 0 Å². The molecule has 16 heavy (non-hydrogen) atoms. The first-order chi connectivity index (χ1) is 7.84. The number of aromatic nitrogens is 3. The summed E-state index contributed by atoms with van der Waals surface area (Å²) in [4.78, 5) is 11.4. The van der Waals surface area contributed by atoms with Gasteiger partial charge in [-0.2, -0.15) is 0 Å². The maximum Gasteiger partial charge on any atom is 0.141 e. The molecule has 3 rings (SSSR count). The Morgan fingerprint density at radius 1 is 1.00 bits per heavy atom. The van der Waals surface area contributed by atoms with E-state index in [1.165, 1.54) is 6.33 Å². The van der Waals surface area contributed by atoms with E-state index in [1.54, 1.807) is 12.1 Å². The molecule has 0 atom stereocenters. The Bertz CT molecular complexity index is 628. The minimum atomic E-state index is 0.253. The average molecular weight is 211 g/mol. The van der Waals surface area contributed by atoms with Crippen LogP contribution in [0, 0.1) is 0 Å². The maximum atomic E-state index is 9.24. The first-order valence-corrected chi connectivity index (χ1v) is 4.92. The molecule has 0 fully saturated rings. The second-order valence-corrected chi connectivity index (χ2v) is 3.51. The summed E-state index contributed by atoms with van der Waals surface area (Å²) in [5, 5.41) is 10.2. The van der Waals surface area contributed by atoms with Gasteiger partial charge in [-0.1, -0.05) is 0 Å². The third-order valence-electron chi connectivity index (χ3n) is 2.49. The van der Waals surface area contributed by atoms with Gasteiger partial charge in [-0.15, -0.1) is 0 Å². The van der Waals surface area contributed by atoms with Crippen molar-refractivity contribution in [3.05, 3.63) is 42.9 Å². The highest BCUT2D eigenvalue weighted by Gasteiger charge is 2.06. The molecule has 1 aromatic carbocycles. The summed E-state index contributed by atoms with van der Waals surface area (Å²) >= 11 is 0. The van der Waals surface area contributed by atoms with Gasteiger partial charge in [0, 0.05) is 17.1 Å². The van der Waals surface area contributed by atoms with E-state index < -0.39 is 0 Å². The van der Waals surface area contributed by atoms with Crippen molar-refractivity contribution in [2.45, 2.75) is 0 Å². The van der Waals surface area contributed by atoms with Crippen molar-refractivity contribution >= 4 is 11.0 Å². The fourth-order valence-electron chi connectivity index (χ4n) is 1.72. The molecule has 2 heterocycles. The molecule has 0 aliphatic heterocycles. The molecule has 0 saturated carbocycles. The van der Waals surface area contributed by atoms with Crippen molar-refractivity contribution < 1.29 is 5.11 Å². The van der Waals surface area contributed by atoms with Crippen LogP contribution in [-0.4, -0.2) is 20.1 Å². The van der Waals surface area contributed by atoms with E-state index in [2.05, 4.69) is 15.0 Å². The zero-order valence-corrected chi connectivity index (χ0v) is 8.38. The van der Waals surface area contributed by atoms with Crippen LogP contribution in [0.25, 0.3) is 22.3 Å². The summed E-state index contributed by atoms with van der Waals surface area (Å²) in [5.74, 6) is 0.253. The van der Waals surface area contributed by atoms with Crippen LogP contribution in [0.1, 0.15) is 0 Å². The Hall–Kier alpha value is -2.36. The van der Waals surface area contributed by atoms with Crippen molar-refractivity contribution in [3.8, 4) is 17.0 Å². The van der Waals surface area contributed by atoms with Crippen LogP contribution in [0.2, 0.25) is 0 Å². The molecule has 4 nitrogen and oxygen atoms in total. The molecule has 0 aliphatic rings. The number of hydrogen-bond acceptors (Lipinski definition) is 3. The molecule has 0 amide bonds. The normalized spacial score (nSPS) is 10.8. The molecule has 0 unspecified atom stereocenters. The topological polar surface area (TPSA) is 61.8 Å². The van der Waals surface area contributed by atoms with E-state index in [0.29, 0.717) is 0 Å². The van der Waals surface area contributed by atoms with E-state index in [9.17, 15) is 5.11 Å². The third-order valence-corrected chi connectivity index (χ3v) is 2.49. The Balaban J connectivity index is 2.25. The third kappa shape index (κ3) is 1.32. The van der Waals surface area contributed by atoms with Gasteiger partial charge >= 0.3 is 0 Å². The lowest BCUT2D eigenvalue weighted by Gasteiger charge is -2.01. The van der Waals surface area contributed by atoms with Gasteiger partial charge in [0.05, 0.1) is 5.69 Å². The van der Waals surface area contributed by atoms with Crippen LogP contribution in [0.5, 0.6) is 5.75 Å². The second kappa shape index (κ2) is 3.34. The fraction of sp³-hybridized carbons (Fsp3) is 0. The lowest BCUT2D eigenvalue weighted by atomic mass is 10.1. The molecule has 0 saturated heterocycles. The maximum absolute atomic E-state index is 9.24. The summed E-state index contributed by atoms with van der Waals surface area (Å²) in [6, 6.07) is 8.91. The van der Waals surface area contributed by atoms with Crippen LogP contribution in [0.15, 0.2) is 42.9 Å². The van der Waals surface area contributed by atoms with Gasteiger partial charge in [0.2, 0.25) is 0 Å². The van der Waals surface area contributed by atoms with Crippen LogP contribution in [-0.2, 0) is 0 Å². The SMILES string of the molecule is Oc1ccc(-c2ncnc3[nH]ccc23)cc1. The minimum Gasteiger partial charge on any atom is -0.508 e. The minimum absolute atomic E-state index is 0.253. The molecule has 0 aliphatic carbocycles. The number of nitrogens with zero attached hydrogens (tertiary/aromatic N) is 2. The van der Waals surface area contributed by atoms with Crippen LogP contribution >= 0.6 is 0 Å². The summed E-state index contributed by atoms with van der Waals surface area (Å²) in [6.45, 7) is 0. The fourth-order valence-corrected chi connectivity index (χ4v) is 1.72. The molecule has 3 aromatic rings. The van der Waals surface area contributed by atoms with Gasteiger partial charge < -0.3 is 10.1 Å². The molecule has 0 spiro atoms. The zero-order valence-electron chi connectivity index (χ0n) is 8.38. The molecule has 78 valence electrons. The Labute approximate surface area is 91.6 Å². The van der Waals surface area contributed by atoms with Crippen LogP contribution in [0.3, 0.4) is 0 Å². The number of phenolic OH excluding ortho intramolecular Hbond substituents is 1. The second-order valence-electron chi connectivity index (χ2n) is 3.51. The average Bonchev–Trinajstić information content (AvgIpc) is 2.78. The standard InChI is InChI=1S/C12H9N3O/c16-9-3-1-8(2-4-9)11-10-5-6-13-12(10)15-7-14-11/h1-7,16H,(H,13,14,15). The first kappa shape index (κ1) is 8.91. The van der Waals surface area contributed by atoms with Crippen molar-refractivity contribution in [1.82, 2.24) is 15.0 Å². The summed E-state index contributed by atoms with van der Waals surface area (Å²) in [6.07, 6.45) is 3.37. The summed E-state index contributed by atoms with van der Waals surface area (Å²) in [5.41, 5.74) is 2.65. The van der Waals surface area contributed by atoms with Gasteiger partial charge in [0.15, 0.2) is 0 Å². The van der Waals surface area contributed by atoms with Gasteiger partial charge in [-0.05, 0) is 30.3 Å². The number of fused-ring (bicyclic) bond motifs is 1. The number of phenols is 1. The number of benzene rings is 1. The molecule has 4 heteroatoms. The number of aromatic hydroxyl groups is 1.